The number of ether oxygens (including phenoxy) is 1. The highest BCUT2D eigenvalue weighted by Crippen LogP contribution is 2.09. The summed E-state index contributed by atoms with van der Waals surface area (Å²) in [6.07, 6.45) is 0. The molecule has 0 aliphatic carbocycles. The smallest absolute Gasteiger partial charge is 0.167 e. The van der Waals surface area contributed by atoms with Crippen molar-refractivity contribution in [2.75, 3.05) is 32.0 Å². The van der Waals surface area contributed by atoms with Crippen molar-refractivity contribution in [2.24, 2.45) is 0 Å². The number of hydrogen-bond donors (Lipinski definition) is 1. The van der Waals surface area contributed by atoms with Crippen molar-refractivity contribution in [1.29, 1.82) is 0 Å². The van der Waals surface area contributed by atoms with Crippen LogP contribution in [0.1, 0.15) is 5.76 Å². The lowest BCUT2D eigenvalue weighted by atomic mass is 10.3. The molecule has 0 atom stereocenters. The van der Waals surface area contributed by atoms with Gasteiger partial charge in [-0.25, -0.2) is 0 Å². The SMILES string of the molecule is Nc1cc(CN2CCOCC2)on1. The van der Waals surface area contributed by atoms with Crippen molar-refractivity contribution in [3.05, 3.63) is 11.8 Å². The van der Waals surface area contributed by atoms with E-state index >= 15 is 0 Å². The summed E-state index contributed by atoms with van der Waals surface area (Å²) >= 11 is 0. The van der Waals surface area contributed by atoms with Crippen LogP contribution in [0.2, 0.25) is 0 Å². The standard InChI is InChI=1S/C8H13N3O2/c9-8-5-7(13-10-8)6-11-1-3-12-4-2-11/h5H,1-4,6H2,(H2,9,10). The van der Waals surface area contributed by atoms with Crippen LogP contribution in [0.5, 0.6) is 0 Å². The molecule has 5 heteroatoms. The Kier molecular flexibility index (Phi) is 2.47. The molecule has 2 rings (SSSR count). The fourth-order valence-corrected chi connectivity index (χ4v) is 1.38. The largest absolute Gasteiger partial charge is 0.381 e. The molecule has 2 N–H and O–H groups in total. The highest BCUT2D eigenvalue weighted by atomic mass is 16.5. The van der Waals surface area contributed by atoms with Crippen LogP contribution in [0, 0.1) is 0 Å². The third-order valence-electron chi connectivity index (χ3n) is 2.06. The highest BCUT2D eigenvalue weighted by Gasteiger charge is 2.12. The zero-order chi connectivity index (χ0) is 9.10. The van der Waals surface area contributed by atoms with Gasteiger partial charge in [0, 0.05) is 19.2 Å². The molecule has 0 saturated carbocycles. The molecular formula is C8H13N3O2. The summed E-state index contributed by atoms with van der Waals surface area (Å²) in [5.41, 5.74) is 5.44. The fraction of sp³-hybridized carbons (Fsp3) is 0.625. The minimum Gasteiger partial charge on any atom is -0.381 e. The van der Waals surface area contributed by atoms with Crippen molar-refractivity contribution in [3.63, 3.8) is 0 Å². The van der Waals surface area contributed by atoms with Gasteiger partial charge in [-0.15, -0.1) is 0 Å². The highest BCUT2D eigenvalue weighted by molar-refractivity contribution is 5.26. The van der Waals surface area contributed by atoms with Crippen LogP contribution in [-0.4, -0.2) is 36.4 Å². The summed E-state index contributed by atoms with van der Waals surface area (Å²) in [7, 11) is 0. The van der Waals surface area contributed by atoms with Gasteiger partial charge in [-0.05, 0) is 0 Å². The molecular weight excluding hydrogens is 170 g/mol. The number of anilines is 1. The number of nitrogen functional groups attached to an aromatic ring is 1. The molecule has 0 bridgehead atoms. The van der Waals surface area contributed by atoms with Gasteiger partial charge in [0.05, 0.1) is 19.8 Å². The minimum absolute atomic E-state index is 0.447. The Bertz CT molecular complexity index is 268. The van der Waals surface area contributed by atoms with Crippen LogP contribution in [-0.2, 0) is 11.3 Å². The summed E-state index contributed by atoms with van der Waals surface area (Å²) in [5, 5.41) is 3.63. The van der Waals surface area contributed by atoms with Gasteiger partial charge >= 0.3 is 0 Å². The Balaban J connectivity index is 1.89. The third-order valence-corrected chi connectivity index (χ3v) is 2.06. The summed E-state index contributed by atoms with van der Waals surface area (Å²) in [4.78, 5) is 2.25. The first-order chi connectivity index (χ1) is 6.34. The van der Waals surface area contributed by atoms with Gasteiger partial charge in [0.1, 0.15) is 0 Å². The zero-order valence-corrected chi connectivity index (χ0v) is 7.40. The molecule has 13 heavy (non-hydrogen) atoms. The predicted molar refractivity (Wildman–Crippen MR) is 47.0 cm³/mol. The summed E-state index contributed by atoms with van der Waals surface area (Å²) < 4.78 is 10.2. The first-order valence-electron chi connectivity index (χ1n) is 4.36. The Morgan fingerprint density at radius 1 is 1.46 bits per heavy atom. The third kappa shape index (κ3) is 2.19. The van der Waals surface area contributed by atoms with Gasteiger partial charge in [0.15, 0.2) is 11.6 Å². The van der Waals surface area contributed by atoms with E-state index in [9.17, 15) is 0 Å². The van der Waals surface area contributed by atoms with E-state index in [2.05, 4.69) is 10.1 Å². The van der Waals surface area contributed by atoms with Gasteiger partial charge in [-0.3, -0.25) is 4.90 Å². The second-order valence-electron chi connectivity index (χ2n) is 3.11. The lowest BCUT2D eigenvalue weighted by Crippen LogP contribution is -2.35. The van der Waals surface area contributed by atoms with Crippen LogP contribution in [0.25, 0.3) is 0 Å². The monoisotopic (exact) mass is 183 g/mol. The molecule has 1 aliphatic heterocycles. The van der Waals surface area contributed by atoms with Crippen molar-refractivity contribution in [3.8, 4) is 0 Å². The average Bonchev–Trinajstić information content (AvgIpc) is 2.53. The Morgan fingerprint density at radius 3 is 2.85 bits per heavy atom. The molecule has 0 spiro atoms. The molecule has 1 aliphatic rings. The first-order valence-corrected chi connectivity index (χ1v) is 4.36. The molecule has 1 fully saturated rings. The molecule has 2 heterocycles. The second kappa shape index (κ2) is 3.76. The van der Waals surface area contributed by atoms with Crippen molar-refractivity contribution >= 4 is 5.82 Å². The van der Waals surface area contributed by atoms with Crippen LogP contribution in [0.4, 0.5) is 5.82 Å². The summed E-state index contributed by atoms with van der Waals surface area (Å²) in [5.74, 6) is 1.27. The Hall–Kier alpha value is -1.07. The molecule has 0 unspecified atom stereocenters. The topological polar surface area (TPSA) is 64.5 Å². The van der Waals surface area contributed by atoms with E-state index in [1.807, 2.05) is 0 Å². The van der Waals surface area contributed by atoms with Gasteiger partial charge < -0.3 is 15.0 Å². The Morgan fingerprint density at radius 2 is 2.23 bits per heavy atom. The van der Waals surface area contributed by atoms with Gasteiger partial charge in [0.25, 0.3) is 0 Å². The lowest BCUT2D eigenvalue weighted by molar-refractivity contribution is 0.0305. The maximum atomic E-state index is 5.44. The average molecular weight is 183 g/mol. The molecule has 1 saturated heterocycles. The predicted octanol–water partition coefficient (Wildman–Crippen LogP) is 0.0890. The number of nitrogens with two attached hydrogens (primary N) is 1. The maximum absolute atomic E-state index is 5.44. The molecule has 0 radical (unpaired) electrons. The number of morpholine rings is 1. The van der Waals surface area contributed by atoms with E-state index in [-0.39, 0.29) is 0 Å². The quantitative estimate of drug-likeness (QED) is 0.704. The van der Waals surface area contributed by atoms with Crippen molar-refractivity contribution in [2.45, 2.75) is 6.54 Å². The van der Waals surface area contributed by atoms with Crippen LogP contribution in [0.15, 0.2) is 10.6 Å². The molecule has 1 aromatic rings. The molecule has 72 valence electrons. The van der Waals surface area contributed by atoms with Crippen molar-refractivity contribution < 1.29 is 9.26 Å². The van der Waals surface area contributed by atoms with E-state index in [4.69, 9.17) is 15.0 Å². The summed E-state index contributed by atoms with van der Waals surface area (Å²) in [6, 6.07) is 1.76. The zero-order valence-electron chi connectivity index (χ0n) is 7.40. The van der Waals surface area contributed by atoms with Crippen LogP contribution < -0.4 is 5.73 Å². The number of aromatic nitrogens is 1. The van der Waals surface area contributed by atoms with Gasteiger partial charge in [-0.1, -0.05) is 5.16 Å². The van der Waals surface area contributed by atoms with E-state index in [0.29, 0.717) is 5.82 Å². The van der Waals surface area contributed by atoms with Crippen LogP contribution >= 0.6 is 0 Å². The minimum atomic E-state index is 0.447. The maximum Gasteiger partial charge on any atom is 0.167 e. The Labute approximate surface area is 76.4 Å². The lowest BCUT2D eigenvalue weighted by Gasteiger charge is -2.25. The van der Waals surface area contributed by atoms with Gasteiger partial charge in [-0.2, -0.15) is 0 Å². The van der Waals surface area contributed by atoms with Crippen molar-refractivity contribution in [1.82, 2.24) is 10.1 Å². The number of hydrogen-bond acceptors (Lipinski definition) is 5. The number of rotatable bonds is 2. The van der Waals surface area contributed by atoms with Gasteiger partial charge in [0.2, 0.25) is 0 Å². The van der Waals surface area contributed by atoms with E-state index < -0.39 is 0 Å². The first kappa shape index (κ1) is 8.52. The second-order valence-corrected chi connectivity index (χ2v) is 3.11. The summed E-state index contributed by atoms with van der Waals surface area (Å²) in [6.45, 7) is 4.25. The number of nitrogens with zero attached hydrogens (tertiary/aromatic N) is 2. The molecule has 0 aromatic carbocycles. The van der Waals surface area contributed by atoms with E-state index in [0.717, 1.165) is 38.6 Å². The normalized spacial score (nSPS) is 19.1. The molecule has 1 aromatic heterocycles. The van der Waals surface area contributed by atoms with E-state index in [1.165, 1.54) is 0 Å². The fourth-order valence-electron chi connectivity index (χ4n) is 1.38. The molecule has 0 amide bonds. The molecule has 5 nitrogen and oxygen atoms in total. The van der Waals surface area contributed by atoms with E-state index in [1.54, 1.807) is 6.07 Å². The van der Waals surface area contributed by atoms with Crippen LogP contribution in [0.3, 0.4) is 0 Å².